The van der Waals surface area contributed by atoms with Gasteiger partial charge in [-0.15, -0.1) is 4.83 Å². The number of hydrazine groups is 1. The third-order valence-electron chi connectivity index (χ3n) is 4.05. The van der Waals surface area contributed by atoms with Gasteiger partial charge in [0.05, 0.1) is 11.2 Å². The van der Waals surface area contributed by atoms with Gasteiger partial charge >= 0.3 is 0 Å². The number of hydrogen-bond acceptors (Lipinski definition) is 5. The van der Waals surface area contributed by atoms with Crippen LogP contribution in [-0.2, 0) is 14.8 Å². The SMILES string of the molecule is O=C1C(=Cc2ccco2)N=C(c2ccccc2)N1NS(=O)(=O)c1ccc(Br)cc1. The fourth-order valence-electron chi connectivity index (χ4n) is 2.68. The monoisotopic (exact) mass is 471 g/mol. The second-order valence-corrected chi connectivity index (χ2v) is 8.61. The number of halogens is 1. The quantitative estimate of drug-likeness (QED) is 0.575. The highest BCUT2D eigenvalue weighted by atomic mass is 79.9. The van der Waals surface area contributed by atoms with Gasteiger partial charge < -0.3 is 4.42 Å². The molecular formula is C20H14BrN3O4S. The Morgan fingerprint density at radius 2 is 1.72 bits per heavy atom. The van der Waals surface area contributed by atoms with Crippen molar-refractivity contribution in [3.05, 3.63) is 94.5 Å². The summed E-state index contributed by atoms with van der Waals surface area (Å²) in [4.78, 5) is 19.6. The van der Waals surface area contributed by atoms with Crippen molar-refractivity contribution in [3.63, 3.8) is 0 Å². The van der Waals surface area contributed by atoms with Crippen LogP contribution in [0.4, 0.5) is 0 Å². The first-order valence-electron chi connectivity index (χ1n) is 8.46. The molecule has 4 rings (SSSR count). The molecule has 29 heavy (non-hydrogen) atoms. The molecule has 0 saturated heterocycles. The Kier molecular flexibility index (Phi) is 5.18. The Labute approximate surface area is 175 Å². The summed E-state index contributed by atoms with van der Waals surface area (Å²) in [6, 6.07) is 18.3. The van der Waals surface area contributed by atoms with E-state index in [0.29, 0.717) is 11.3 Å². The molecule has 146 valence electrons. The normalized spacial score (nSPS) is 15.8. The van der Waals surface area contributed by atoms with Gasteiger partial charge in [-0.1, -0.05) is 46.3 Å². The lowest BCUT2D eigenvalue weighted by atomic mass is 10.2. The molecule has 0 unspecified atom stereocenters. The van der Waals surface area contributed by atoms with Crippen LogP contribution >= 0.6 is 15.9 Å². The molecule has 2 aromatic carbocycles. The van der Waals surface area contributed by atoms with Crippen molar-refractivity contribution in [1.29, 1.82) is 0 Å². The van der Waals surface area contributed by atoms with E-state index in [9.17, 15) is 13.2 Å². The summed E-state index contributed by atoms with van der Waals surface area (Å²) in [6.45, 7) is 0. The molecule has 7 nitrogen and oxygen atoms in total. The third kappa shape index (κ3) is 4.07. The second-order valence-electron chi connectivity index (χ2n) is 6.04. The molecule has 1 aliphatic rings. The van der Waals surface area contributed by atoms with E-state index in [1.165, 1.54) is 24.5 Å². The zero-order chi connectivity index (χ0) is 20.4. The van der Waals surface area contributed by atoms with Crippen LogP contribution in [-0.4, -0.2) is 25.2 Å². The predicted octanol–water partition coefficient (Wildman–Crippen LogP) is 3.57. The van der Waals surface area contributed by atoms with E-state index in [2.05, 4.69) is 25.8 Å². The topological polar surface area (TPSA) is 92.0 Å². The summed E-state index contributed by atoms with van der Waals surface area (Å²) < 4.78 is 31.6. The summed E-state index contributed by atoms with van der Waals surface area (Å²) in [5, 5.41) is 0.932. The molecule has 1 aliphatic heterocycles. The van der Waals surface area contributed by atoms with Crippen LogP contribution in [0, 0.1) is 0 Å². The van der Waals surface area contributed by atoms with Gasteiger partial charge in [0.15, 0.2) is 5.84 Å². The number of carbonyl (C=O) groups is 1. The standard InChI is InChI=1S/C20H14BrN3O4S/c21-15-8-10-17(11-9-15)29(26,27)23-24-19(14-5-2-1-3-6-14)22-18(20(24)25)13-16-7-4-12-28-16/h1-13,23H. The molecule has 1 N–H and O–H groups in total. The van der Waals surface area contributed by atoms with E-state index in [1.807, 2.05) is 6.07 Å². The fraction of sp³-hybridized carbons (Fsp3) is 0. The Morgan fingerprint density at radius 3 is 2.38 bits per heavy atom. The van der Waals surface area contributed by atoms with Crippen LogP contribution in [0.1, 0.15) is 11.3 Å². The maximum atomic E-state index is 12.9. The molecule has 0 atom stereocenters. The number of nitrogens with one attached hydrogen (secondary N) is 1. The van der Waals surface area contributed by atoms with E-state index < -0.39 is 15.9 Å². The lowest BCUT2D eigenvalue weighted by molar-refractivity contribution is -0.123. The third-order valence-corrected chi connectivity index (χ3v) is 5.89. The summed E-state index contributed by atoms with van der Waals surface area (Å²) in [5.41, 5.74) is 0.638. The summed E-state index contributed by atoms with van der Waals surface area (Å²) >= 11 is 3.27. The minimum Gasteiger partial charge on any atom is -0.465 e. The van der Waals surface area contributed by atoms with Crippen LogP contribution in [0.25, 0.3) is 6.08 Å². The molecule has 1 amide bonds. The number of amidine groups is 1. The predicted molar refractivity (Wildman–Crippen MR) is 111 cm³/mol. The fourth-order valence-corrected chi connectivity index (χ4v) is 3.95. The minimum absolute atomic E-state index is 0.0179. The van der Waals surface area contributed by atoms with Gasteiger partial charge in [-0.2, -0.15) is 0 Å². The van der Waals surface area contributed by atoms with Crippen molar-refractivity contribution in [2.75, 3.05) is 0 Å². The highest BCUT2D eigenvalue weighted by Crippen LogP contribution is 2.23. The van der Waals surface area contributed by atoms with Gasteiger partial charge in [0.25, 0.3) is 15.9 Å². The summed E-state index contributed by atoms with van der Waals surface area (Å²) in [6.07, 6.45) is 2.93. The molecule has 9 heteroatoms. The van der Waals surface area contributed by atoms with Gasteiger partial charge in [0.1, 0.15) is 11.5 Å². The van der Waals surface area contributed by atoms with Gasteiger partial charge in [0.2, 0.25) is 0 Å². The molecule has 3 aromatic rings. The average molecular weight is 472 g/mol. The number of furan rings is 1. The van der Waals surface area contributed by atoms with Crippen molar-refractivity contribution in [2.45, 2.75) is 4.90 Å². The summed E-state index contributed by atoms with van der Waals surface area (Å²) in [5.74, 6) is -0.00263. The van der Waals surface area contributed by atoms with Crippen LogP contribution in [0.2, 0.25) is 0 Å². The van der Waals surface area contributed by atoms with Crippen molar-refractivity contribution in [3.8, 4) is 0 Å². The average Bonchev–Trinajstić information content (AvgIpc) is 3.33. The van der Waals surface area contributed by atoms with Crippen molar-refractivity contribution >= 4 is 43.8 Å². The molecule has 2 heterocycles. The maximum absolute atomic E-state index is 12.9. The van der Waals surface area contributed by atoms with Crippen LogP contribution < -0.4 is 4.83 Å². The first kappa shape index (κ1) is 19.3. The Bertz CT molecular complexity index is 1200. The molecule has 0 saturated carbocycles. The molecule has 0 aliphatic carbocycles. The van der Waals surface area contributed by atoms with E-state index in [4.69, 9.17) is 4.42 Å². The molecule has 0 bridgehead atoms. The van der Waals surface area contributed by atoms with Crippen LogP contribution in [0.15, 0.2) is 97.5 Å². The number of amides is 1. The molecule has 0 fully saturated rings. The lowest BCUT2D eigenvalue weighted by Crippen LogP contribution is -2.47. The Morgan fingerprint density at radius 1 is 1.00 bits per heavy atom. The number of rotatable bonds is 5. The number of carbonyl (C=O) groups excluding carboxylic acids is 1. The first-order chi connectivity index (χ1) is 13.9. The molecular weight excluding hydrogens is 458 g/mol. The Balaban J connectivity index is 1.73. The van der Waals surface area contributed by atoms with E-state index in [1.54, 1.807) is 48.5 Å². The van der Waals surface area contributed by atoms with Gasteiger partial charge in [-0.25, -0.2) is 18.4 Å². The number of hydrogen-bond donors (Lipinski definition) is 1. The van der Waals surface area contributed by atoms with Crippen molar-refractivity contribution < 1.29 is 17.6 Å². The minimum atomic E-state index is -4.02. The number of sulfonamides is 1. The summed E-state index contributed by atoms with van der Waals surface area (Å²) in [7, 11) is -4.02. The van der Waals surface area contributed by atoms with E-state index in [-0.39, 0.29) is 16.4 Å². The largest absolute Gasteiger partial charge is 0.465 e. The highest BCUT2D eigenvalue weighted by Gasteiger charge is 2.35. The Hall–Kier alpha value is -3.01. The van der Waals surface area contributed by atoms with Crippen LogP contribution in [0.5, 0.6) is 0 Å². The van der Waals surface area contributed by atoms with Crippen molar-refractivity contribution in [1.82, 2.24) is 9.84 Å². The number of benzene rings is 2. The van der Waals surface area contributed by atoms with Crippen LogP contribution in [0.3, 0.4) is 0 Å². The van der Waals surface area contributed by atoms with Crippen molar-refractivity contribution in [2.24, 2.45) is 4.99 Å². The van der Waals surface area contributed by atoms with E-state index in [0.717, 1.165) is 9.48 Å². The highest BCUT2D eigenvalue weighted by molar-refractivity contribution is 9.10. The van der Waals surface area contributed by atoms with Gasteiger partial charge in [-0.05, 0) is 36.4 Å². The first-order valence-corrected chi connectivity index (χ1v) is 10.7. The van der Waals surface area contributed by atoms with E-state index >= 15 is 0 Å². The van der Waals surface area contributed by atoms with Gasteiger partial charge in [-0.3, -0.25) is 4.79 Å². The maximum Gasteiger partial charge on any atom is 0.293 e. The second kappa shape index (κ2) is 7.78. The smallest absolute Gasteiger partial charge is 0.293 e. The lowest BCUT2D eigenvalue weighted by Gasteiger charge is -2.19. The van der Waals surface area contributed by atoms with Gasteiger partial charge in [0, 0.05) is 16.1 Å². The zero-order valence-electron chi connectivity index (χ0n) is 14.8. The molecule has 1 aromatic heterocycles. The zero-order valence-corrected chi connectivity index (χ0v) is 17.2. The molecule has 0 radical (unpaired) electrons. The number of nitrogens with zero attached hydrogens (tertiary/aromatic N) is 2. The molecule has 0 spiro atoms. The number of aliphatic imine (C=N–C) groups is 1.